The molecule has 1 aromatic carbocycles. The zero-order valence-electron chi connectivity index (χ0n) is 11.4. The molecule has 1 N–H and O–H groups in total. The average Bonchev–Trinajstić information content (AvgIpc) is 2.53. The number of amides is 1. The number of esters is 1. The van der Waals surface area contributed by atoms with Gasteiger partial charge < -0.3 is 14.8 Å². The van der Waals surface area contributed by atoms with Crippen LogP contribution in [-0.4, -0.2) is 30.6 Å². The van der Waals surface area contributed by atoms with E-state index >= 15 is 0 Å². The molecule has 0 spiro atoms. The molecule has 0 aliphatic carbocycles. The van der Waals surface area contributed by atoms with Crippen molar-refractivity contribution in [3.05, 3.63) is 54.4 Å². The van der Waals surface area contributed by atoms with Gasteiger partial charge >= 0.3 is 5.97 Å². The first-order valence-electron chi connectivity index (χ1n) is 6.20. The van der Waals surface area contributed by atoms with E-state index in [1.807, 2.05) is 0 Å². The van der Waals surface area contributed by atoms with Crippen molar-refractivity contribution in [3.63, 3.8) is 0 Å². The Balaban J connectivity index is 2.01. The maximum absolute atomic E-state index is 12.0. The van der Waals surface area contributed by atoms with Gasteiger partial charge in [0.1, 0.15) is 5.75 Å². The number of hydrogen-bond donors (Lipinski definition) is 1. The van der Waals surface area contributed by atoms with Gasteiger partial charge in [-0.2, -0.15) is 0 Å². The molecule has 0 aliphatic rings. The van der Waals surface area contributed by atoms with Crippen LogP contribution in [0.2, 0.25) is 0 Å². The summed E-state index contributed by atoms with van der Waals surface area (Å²) < 4.78 is 9.74. The first kappa shape index (κ1) is 14.5. The molecule has 0 atom stereocenters. The standard InChI is InChI=1S/C15H14N2O4/c1-20-14(18)10-21-13-4-2-3-12(9-13)17-15(19)11-5-7-16-8-6-11/h2-9H,10H2,1H3,(H,17,19). The van der Waals surface area contributed by atoms with Crippen LogP contribution in [0.3, 0.4) is 0 Å². The lowest BCUT2D eigenvalue weighted by Crippen LogP contribution is -2.13. The molecule has 0 saturated carbocycles. The summed E-state index contributed by atoms with van der Waals surface area (Å²) in [7, 11) is 1.29. The molecule has 0 saturated heterocycles. The van der Waals surface area contributed by atoms with Crippen LogP contribution in [0.4, 0.5) is 5.69 Å². The highest BCUT2D eigenvalue weighted by atomic mass is 16.6. The molecule has 21 heavy (non-hydrogen) atoms. The van der Waals surface area contributed by atoms with Crippen LogP contribution in [0.15, 0.2) is 48.8 Å². The monoisotopic (exact) mass is 286 g/mol. The number of aromatic nitrogens is 1. The molecule has 0 radical (unpaired) electrons. The molecule has 1 amide bonds. The van der Waals surface area contributed by atoms with Crippen molar-refractivity contribution in [1.29, 1.82) is 0 Å². The molecule has 6 nitrogen and oxygen atoms in total. The number of methoxy groups -OCH3 is 1. The van der Waals surface area contributed by atoms with Crippen molar-refractivity contribution in [1.82, 2.24) is 4.98 Å². The van der Waals surface area contributed by atoms with Gasteiger partial charge in [0.2, 0.25) is 0 Å². The van der Waals surface area contributed by atoms with Crippen LogP contribution in [0.1, 0.15) is 10.4 Å². The van der Waals surface area contributed by atoms with E-state index < -0.39 is 5.97 Å². The lowest BCUT2D eigenvalue weighted by Gasteiger charge is -2.08. The van der Waals surface area contributed by atoms with Gasteiger partial charge in [-0.3, -0.25) is 9.78 Å². The number of anilines is 1. The van der Waals surface area contributed by atoms with Gasteiger partial charge in [0.25, 0.3) is 5.91 Å². The van der Waals surface area contributed by atoms with Gasteiger partial charge in [0.05, 0.1) is 7.11 Å². The smallest absolute Gasteiger partial charge is 0.343 e. The van der Waals surface area contributed by atoms with E-state index in [1.165, 1.54) is 7.11 Å². The van der Waals surface area contributed by atoms with Crippen LogP contribution >= 0.6 is 0 Å². The highest BCUT2D eigenvalue weighted by molar-refractivity contribution is 6.04. The summed E-state index contributed by atoms with van der Waals surface area (Å²) in [5.74, 6) is -0.253. The van der Waals surface area contributed by atoms with E-state index in [1.54, 1.807) is 48.8 Å². The Kier molecular flexibility index (Phi) is 4.87. The minimum atomic E-state index is -0.471. The van der Waals surface area contributed by atoms with Crippen molar-refractivity contribution in [3.8, 4) is 5.75 Å². The molecule has 1 aromatic heterocycles. The third-order valence-electron chi connectivity index (χ3n) is 2.62. The second-order valence-electron chi connectivity index (χ2n) is 4.08. The van der Waals surface area contributed by atoms with E-state index in [9.17, 15) is 9.59 Å². The molecule has 0 bridgehead atoms. The normalized spacial score (nSPS) is 9.76. The molecular formula is C15H14N2O4. The number of hydrogen-bond acceptors (Lipinski definition) is 5. The third-order valence-corrected chi connectivity index (χ3v) is 2.62. The summed E-state index contributed by atoms with van der Waals surface area (Å²) in [5.41, 5.74) is 1.07. The zero-order valence-corrected chi connectivity index (χ0v) is 11.4. The summed E-state index contributed by atoms with van der Waals surface area (Å²) >= 11 is 0. The fourth-order valence-electron chi connectivity index (χ4n) is 1.57. The number of nitrogens with one attached hydrogen (secondary N) is 1. The zero-order chi connectivity index (χ0) is 15.1. The predicted octanol–water partition coefficient (Wildman–Crippen LogP) is 1.89. The Morgan fingerprint density at radius 3 is 2.67 bits per heavy atom. The Morgan fingerprint density at radius 1 is 1.19 bits per heavy atom. The lowest BCUT2D eigenvalue weighted by molar-refractivity contribution is -0.142. The third kappa shape index (κ3) is 4.31. The maximum Gasteiger partial charge on any atom is 0.343 e. The number of nitrogens with zero attached hydrogens (tertiary/aromatic N) is 1. The van der Waals surface area contributed by atoms with Gasteiger partial charge in [-0.05, 0) is 24.3 Å². The first-order valence-corrected chi connectivity index (χ1v) is 6.20. The minimum absolute atomic E-state index is 0.182. The first-order chi connectivity index (χ1) is 10.2. The predicted molar refractivity (Wildman–Crippen MR) is 76.1 cm³/mol. The molecule has 2 rings (SSSR count). The number of ether oxygens (including phenoxy) is 2. The SMILES string of the molecule is COC(=O)COc1cccc(NC(=O)c2ccncc2)c1. The maximum atomic E-state index is 12.0. The quantitative estimate of drug-likeness (QED) is 0.849. The average molecular weight is 286 g/mol. The molecule has 0 unspecified atom stereocenters. The fourth-order valence-corrected chi connectivity index (χ4v) is 1.57. The van der Waals surface area contributed by atoms with Crippen molar-refractivity contribution in [2.45, 2.75) is 0 Å². The van der Waals surface area contributed by atoms with Crippen LogP contribution in [-0.2, 0) is 9.53 Å². The number of carbonyl (C=O) groups is 2. The number of carbonyl (C=O) groups excluding carboxylic acids is 2. The Bertz CT molecular complexity index is 629. The molecule has 1 heterocycles. The summed E-state index contributed by atoms with van der Waals surface area (Å²) in [6.45, 7) is -0.182. The second kappa shape index (κ2) is 7.04. The van der Waals surface area contributed by atoms with E-state index in [-0.39, 0.29) is 12.5 Å². The van der Waals surface area contributed by atoms with Crippen LogP contribution in [0.25, 0.3) is 0 Å². The van der Waals surface area contributed by atoms with Crippen LogP contribution in [0.5, 0.6) is 5.75 Å². The molecule has 108 valence electrons. The fraction of sp³-hybridized carbons (Fsp3) is 0.133. The molecule has 0 aliphatic heterocycles. The highest BCUT2D eigenvalue weighted by Gasteiger charge is 2.07. The van der Waals surface area contributed by atoms with Gasteiger partial charge in [-0.25, -0.2) is 4.79 Å². The summed E-state index contributed by atoms with van der Waals surface area (Å²) in [6, 6.07) is 9.99. The van der Waals surface area contributed by atoms with Crippen molar-refractivity contribution in [2.75, 3.05) is 19.0 Å². The van der Waals surface area contributed by atoms with Gasteiger partial charge in [0.15, 0.2) is 6.61 Å². The van der Waals surface area contributed by atoms with E-state index in [0.29, 0.717) is 17.0 Å². The second-order valence-corrected chi connectivity index (χ2v) is 4.08. The number of rotatable bonds is 5. The Labute approximate surface area is 121 Å². The highest BCUT2D eigenvalue weighted by Crippen LogP contribution is 2.18. The van der Waals surface area contributed by atoms with E-state index in [2.05, 4.69) is 15.0 Å². The number of pyridine rings is 1. The van der Waals surface area contributed by atoms with E-state index in [4.69, 9.17) is 4.74 Å². The Morgan fingerprint density at radius 2 is 1.95 bits per heavy atom. The lowest BCUT2D eigenvalue weighted by atomic mass is 10.2. The van der Waals surface area contributed by atoms with Gasteiger partial charge in [-0.1, -0.05) is 6.07 Å². The van der Waals surface area contributed by atoms with Crippen molar-refractivity contribution < 1.29 is 19.1 Å². The van der Waals surface area contributed by atoms with Crippen LogP contribution in [0, 0.1) is 0 Å². The largest absolute Gasteiger partial charge is 0.482 e. The van der Waals surface area contributed by atoms with Crippen molar-refractivity contribution in [2.24, 2.45) is 0 Å². The molecular weight excluding hydrogens is 272 g/mol. The van der Waals surface area contributed by atoms with Crippen LogP contribution < -0.4 is 10.1 Å². The Hall–Kier alpha value is -2.89. The summed E-state index contributed by atoms with van der Waals surface area (Å²) in [4.78, 5) is 26.8. The molecule has 6 heteroatoms. The molecule has 2 aromatic rings. The van der Waals surface area contributed by atoms with Gasteiger partial charge in [-0.15, -0.1) is 0 Å². The summed E-state index contributed by atoms with van der Waals surface area (Å²) in [6.07, 6.45) is 3.09. The van der Waals surface area contributed by atoms with Gasteiger partial charge in [0, 0.05) is 29.7 Å². The minimum Gasteiger partial charge on any atom is -0.482 e. The summed E-state index contributed by atoms with van der Waals surface area (Å²) in [5, 5.41) is 2.74. The van der Waals surface area contributed by atoms with E-state index in [0.717, 1.165) is 0 Å². The topological polar surface area (TPSA) is 77.5 Å². The molecule has 0 fully saturated rings. The van der Waals surface area contributed by atoms with Crippen molar-refractivity contribution >= 4 is 17.6 Å². The number of benzene rings is 1.